The summed E-state index contributed by atoms with van der Waals surface area (Å²) >= 11 is 11.7. The van der Waals surface area contributed by atoms with Crippen molar-refractivity contribution in [3.63, 3.8) is 0 Å². The van der Waals surface area contributed by atoms with Gasteiger partial charge in [0.05, 0.1) is 14.9 Å². The Bertz CT molecular complexity index is 854. The van der Waals surface area contributed by atoms with Crippen molar-refractivity contribution >= 4 is 44.8 Å². The van der Waals surface area contributed by atoms with Gasteiger partial charge in [0.2, 0.25) is 0 Å². The van der Waals surface area contributed by atoms with Gasteiger partial charge >= 0.3 is 0 Å². The highest BCUT2D eigenvalue weighted by molar-refractivity contribution is 7.90. The number of nitrogens with zero attached hydrogens (tertiary/aromatic N) is 1. The lowest BCUT2D eigenvalue weighted by molar-refractivity contribution is -0.122. The average Bonchev–Trinajstić information content (AvgIpc) is 2.49. The minimum Gasteiger partial charge on any atom is -0.481 e. The summed E-state index contributed by atoms with van der Waals surface area (Å²) in [5.74, 6) is 0.0769. The van der Waals surface area contributed by atoms with Crippen molar-refractivity contribution < 1.29 is 17.9 Å². The van der Waals surface area contributed by atoms with E-state index in [0.29, 0.717) is 10.8 Å². The molecule has 2 aromatic rings. The van der Waals surface area contributed by atoms with Crippen LogP contribution in [0.5, 0.6) is 5.75 Å². The van der Waals surface area contributed by atoms with Crippen LogP contribution in [0.3, 0.4) is 0 Å². The average molecular weight is 389 g/mol. The van der Waals surface area contributed by atoms with Crippen molar-refractivity contribution in [2.75, 3.05) is 11.6 Å². The van der Waals surface area contributed by atoms with Crippen molar-refractivity contribution in [3.8, 4) is 5.75 Å². The Labute approximate surface area is 149 Å². The van der Waals surface area contributed by atoms with Crippen LogP contribution in [0.1, 0.15) is 6.92 Å². The SMILES string of the molecule is CC(Oc1ccc(S(C)(=O)=O)cc1)C(=O)Nc1ncc(Cl)cc1Cl. The predicted molar refractivity (Wildman–Crippen MR) is 92.5 cm³/mol. The molecule has 128 valence electrons. The van der Waals surface area contributed by atoms with Gasteiger partial charge in [-0.05, 0) is 37.3 Å². The number of carbonyl (C=O) groups is 1. The largest absolute Gasteiger partial charge is 0.481 e. The first-order valence-electron chi connectivity index (χ1n) is 6.75. The van der Waals surface area contributed by atoms with Gasteiger partial charge < -0.3 is 10.1 Å². The molecule has 2 rings (SSSR count). The number of carbonyl (C=O) groups excluding carboxylic acids is 1. The fourth-order valence-corrected chi connectivity index (χ4v) is 2.81. The zero-order chi connectivity index (χ0) is 17.9. The smallest absolute Gasteiger partial charge is 0.266 e. The summed E-state index contributed by atoms with van der Waals surface area (Å²) in [5, 5.41) is 3.10. The fourth-order valence-electron chi connectivity index (χ4n) is 1.75. The van der Waals surface area contributed by atoms with Crippen LogP contribution in [0, 0.1) is 0 Å². The number of sulfone groups is 1. The molecule has 1 aromatic heterocycles. The summed E-state index contributed by atoms with van der Waals surface area (Å²) in [6.45, 7) is 1.55. The van der Waals surface area contributed by atoms with E-state index in [1.54, 1.807) is 6.92 Å². The highest BCUT2D eigenvalue weighted by atomic mass is 35.5. The van der Waals surface area contributed by atoms with E-state index >= 15 is 0 Å². The molecule has 0 aliphatic heterocycles. The van der Waals surface area contributed by atoms with Crippen molar-refractivity contribution in [1.29, 1.82) is 0 Å². The van der Waals surface area contributed by atoms with Crippen LogP contribution in [0.25, 0.3) is 0 Å². The monoisotopic (exact) mass is 388 g/mol. The highest BCUT2D eigenvalue weighted by Crippen LogP contribution is 2.23. The minimum atomic E-state index is -3.28. The first-order valence-corrected chi connectivity index (χ1v) is 9.40. The number of hydrogen-bond acceptors (Lipinski definition) is 5. The van der Waals surface area contributed by atoms with Gasteiger partial charge in [-0.25, -0.2) is 13.4 Å². The van der Waals surface area contributed by atoms with E-state index in [0.717, 1.165) is 6.26 Å². The molecule has 0 saturated heterocycles. The Morgan fingerprint density at radius 2 is 1.88 bits per heavy atom. The fraction of sp³-hybridized carbons (Fsp3) is 0.200. The number of rotatable bonds is 5. The van der Waals surface area contributed by atoms with Gasteiger partial charge in [0.1, 0.15) is 5.75 Å². The number of anilines is 1. The second kappa shape index (κ2) is 7.38. The van der Waals surface area contributed by atoms with Crippen LogP contribution in [-0.2, 0) is 14.6 Å². The van der Waals surface area contributed by atoms with Gasteiger partial charge in [-0.2, -0.15) is 0 Å². The molecule has 1 N–H and O–H groups in total. The Kier molecular flexibility index (Phi) is 5.69. The zero-order valence-electron chi connectivity index (χ0n) is 12.8. The molecule has 0 saturated carbocycles. The molecule has 0 spiro atoms. The maximum Gasteiger partial charge on any atom is 0.266 e. The molecule has 0 radical (unpaired) electrons. The molecular formula is C15H14Cl2N2O4S. The third-order valence-corrected chi connectivity index (χ3v) is 4.61. The van der Waals surface area contributed by atoms with E-state index < -0.39 is 21.8 Å². The molecule has 9 heteroatoms. The number of pyridine rings is 1. The minimum absolute atomic E-state index is 0.170. The van der Waals surface area contributed by atoms with Crippen LogP contribution >= 0.6 is 23.2 Å². The van der Waals surface area contributed by atoms with Crippen molar-refractivity contribution in [2.24, 2.45) is 0 Å². The lowest BCUT2D eigenvalue weighted by Gasteiger charge is -2.15. The second-order valence-electron chi connectivity index (χ2n) is 4.98. The molecule has 0 bridgehead atoms. The first-order chi connectivity index (χ1) is 11.2. The number of halogens is 2. The molecule has 1 amide bonds. The van der Waals surface area contributed by atoms with Crippen LogP contribution in [0.15, 0.2) is 41.4 Å². The van der Waals surface area contributed by atoms with E-state index in [1.165, 1.54) is 36.5 Å². The van der Waals surface area contributed by atoms with Gasteiger partial charge in [-0.1, -0.05) is 23.2 Å². The maximum atomic E-state index is 12.1. The summed E-state index contributed by atoms with van der Waals surface area (Å²) in [6, 6.07) is 7.24. The Morgan fingerprint density at radius 1 is 1.25 bits per heavy atom. The van der Waals surface area contributed by atoms with E-state index in [1.807, 2.05) is 0 Å². The summed E-state index contributed by atoms with van der Waals surface area (Å²) < 4.78 is 28.3. The molecule has 0 fully saturated rings. The highest BCUT2D eigenvalue weighted by Gasteiger charge is 2.17. The third-order valence-electron chi connectivity index (χ3n) is 2.98. The number of benzene rings is 1. The summed E-state index contributed by atoms with van der Waals surface area (Å²) in [4.78, 5) is 16.2. The van der Waals surface area contributed by atoms with Crippen LogP contribution < -0.4 is 10.1 Å². The van der Waals surface area contributed by atoms with Crippen molar-refractivity contribution in [3.05, 3.63) is 46.6 Å². The summed E-state index contributed by atoms with van der Waals surface area (Å²) in [5.41, 5.74) is 0. The van der Waals surface area contributed by atoms with E-state index in [2.05, 4.69) is 10.3 Å². The van der Waals surface area contributed by atoms with Crippen molar-refractivity contribution in [2.45, 2.75) is 17.9 Å². The normalized spacial score (nSPS) is 12.5. The van der Waals surface area contributed by atoms with Crippen LogP contribution in [0.2, 0.25) is 10.0 Å². The molecule has 0 aliphatic rings. The molecular weight excluding hydrogens is 375 g/mol. The molecule has 1 unspecified atom stereocenters. The molecule has 1 aromatic carbocycles. The topological polar surface area (TPSA) is 85.4 Å². The molecule has 1 heterocycles. The van der Waals surface area contributed by atoms with Gasteiger partial charge in [0, 0.05) is 12.5 Å². The molecule has 1 atom stereocenters. The first kappa shape index (κ1) is 18.5. The number of hydrogen-bond donors (Lipinski definition) is 1. The summed E-state index contributed by atoms with van der Waals surface area (Å²) in [6.07, 6.45) is 1.63. The zero-order valence-corrected chi connectivity index (χ0v) is 15.1. The lowest BCUT2D eigenvalue weighted by Crippen LogP contribution is -2.30. The third kappa shape index (κ3) is 4.83. The number of amides is 1. The van der Waals surface area contributed by atoms with Crippen LogP contribution in [-0.4, -0.2) is 31.7 Å². The quantitative estimate of drug-likeness (QED) is 0.849. The maximum absolute atomic E-state index is 12.1. The summed E-state index contributed by atoms with van der Waals surface area (Å²) in [7, 11) is -3.28. The van der Waals surface area contributed by atoms with Crippen LogP contribution in [0.4, 0.5) is 5.82 Å². The number of ether oxygens (including phenoxy) is 1. The van der Waals surface area contributed by atoms with E-state index in [9.17, 15) is 13.2 Å². The molecule has 0 aliphatic carbocycles. The molecule has 6 nitrogen and oxygen atoms in total. The Hall–Kier alpha value is -1.83. The lowest BCUT2D eigenvalue weighted by atomic mass is 10.3. The predicted octanol–water partition coefficient (Wildman–Crippen LogP) is 3.20. The number of aromatic nitrogens is 1. The van der Waals surface area contributed by atoms with Gasteiger partial charge in [0.25, 0.3) is 5.91 Å². The van der Waals surface area contributed by atoms with E-state index in [-0.39, 0.29) is 15.7 Å². The van der Waals surface area contributed by atoms with Gasteiger partial charge in [-0.3, -0.25) is 4.79 Å². The standard InChI is InChI=1S/C15H14Cl2N2O4S/c1-9(15(20)19-14-13(17)7-10(16)8-18-14)23-11-3-5-12(6-4-11)24(2,21)22/h3-9H,1-2H3,(H,18,19,20). The Morgan fingerprint density at radius 3 is 2.42 bits per heavy atom. The Balaban J connectivity index is 2.03. The van der Waals surface area contributed by atoms with Gasteiger partial charge in [0.15, 0.2) is 21.8 Å². The van der Waals surface area contributed by atoms with Gasteiger partial charge in [-0.15, -0.1) is 0 Å². The molecule has 24 heavy (non-hydrogen) atoms. The van der Waals surface area contributed by atoms with E-state index in [4.69, 9.17) is 27.9 Å². The number of nitrogens with one attached hydrogen (secondary N) is 1. The second-order valence-corrected chi connectivity index (χ2v) is 7.84. The van der Waals surface area contributed by atoms with Crippen molar-refractivity contribution in [1.82, 2.24) is 4.98 Å².